The lowest BCUT2D eigenvalue weighted by Gasteiger charge is -2.34. The van der Waals surface area contributed by atoms with Crippen LogP contribution in [0.4, 0.5) is 5.69 Å². The molecule has 7 nitrogen and oxygen atoms in total. The summed E-state index contributed by atoms with van der Waals surface area (Å²) in [5.41, 5.74) is 3.33. The van der Waals surface area contributed by atoms with E-state index in [0.29, 0.717) is 16.5 Å². The number of rotatable bonds is 6. The van der Waals surface area contributed by atoms with Crippen molar-refractivity contribution in [3.05, 3.63) is 52.0 Å². The molecule has 0 unspecified atom stereocenters. The van der Waals surface area contributed by atoms with E-state index < -0.39 is 22.0 Å². The summed E-state index contributed by atoms with van der Waals surface area (Å²) in [6, 6.07) is 8.39. The maximum absolute atomic E-state index is 13.1. The van der Waals surface area contributed by atoms with Crippen LogP contribution in [0.3, 0.4) is 0 Å². The van der Waals surface area contributed by atoms with Crippen LogP contribution >= 0.6 is 11.6 Å². The van der Waals surface area contributed by atoms with E-state index in [9.17, 15) is 13.2 Å². The maximum atomic E-state index is 13.1. The standard InChI is InChI=1S/C23H29ClN2O5S/c1-13(2)17-11-18(14(3)9-21(17)30-5)15(4)25-23(27)22-12-26(32(6,28)29)19-10-16(24)7-8-20(19)31-22/h7-11,13,15,22H,12H2,1-6H3,(H,25,27)/t15-,22+/m1/s1. The fourth-order valence-corrected chi connectivity index (χ4v) is 4.94. The van der Waals surface area contributed by atoms with Gasteiger partial charge in [0.25, 0.3) is 5.91 Å². The Bertz CT molecular complexity index is 1130. The molecular formula is C23H29ClN2O5S. The van der Waals surface area contributed by atoms with Gasteiger partial charge in [0.05, 0.1) is 31.6 Å². The Morgan fingerprint density at radius 2 is 1.91 bits per heavy atom. The molecule has 1 aliphatic rings. The molecule has 0 radical (unpaired) electrons. The second kappa shape index (κ2) is 9.19. The number of nitrogens with one attached hydrogen (secondary N) is 1. The molecule has 1 N–H and O–H groups in total. The van der Waals surface area contributed by atoms with E-state index in [-0.39, 0.29) is 18.5 Å². The van der Waals surface area contributed by atoms with Gasteiger partial charge < -0.3 is 14.8 Å². The molecule has 0 bridgehead atoms. The van der Waals surface area contributed by atoms with Crippen LogP contribution in [-0.4, -0.2) is 40.3 Å². The number of carbonyl (C=O) groups is 1. The Hall–Kier alpha value is -2.45. The first-order valence-corrected chi connectivity index (χ1v) is 12.6. The normalized spacial score (nSPS) is 16.9. The van der Waals surface area contributed by atoms with Gasteiger partial charge in [-0.1, -0.05) is 25.4 Å². The van der Waals surface area contributed by atoms with Crippen molar-refractivity contribution in [1.29, 1.82) is 0 Å². The molecule has 0 spiro atoms. The second-order valence-electron chi connectivity index (χ2n) is 8.35. The number of halogens is 1. The number of carbonyl (C=O) groups excluding carboxylic acids is 1. The lowest BCUT2D eigenvalue weighted by molar-refractivity contribution is -0.128. The van der Waals surface area contributed by atoms with Crippen molar-refractivity contribution >= 4 is 33.2 Å². The number of methoxy groups -OCH3 is 1. The fourth-order valence-electron chi connectivity index (χ4n) is 3.87. The van der Waals surface area contributed by atoms with Crippen molar-refractivity contribution in [1.82, 2.24) is 5.32 Å². The van der Waals surface area contributed by atoms with Crippen molar-refractivity contribution in [2.24, 2.45) is 0 Å². The van der Waals surface area contributed by atoms with Crippen LogP contribution in [0.5, 0.6) is 11.5 Å². The number of sulfonamides is 1. The third-order valence-corrected chi connectivity index (χ3v) is 6.93. The number of hydrogen-bond acceptors (Lipinski definition) is 5. The molecule has 32 heavy (non-hydrogen) atoms. The van der Waals surface area contributed by atoms with E-state index in [4.69, 9.17) is 21.1 Å². The number of aryl methyl sites for hydroxylation is 1. The Morgan fingerprint density at radius 1 is 1.22 bits per heavy atom. The molecule has 1 aliphatic heterocycles. The number of fused-ring (bicyclic) bond motifs is 1. The molecular weight excluding hydrogens is 452 g/mol. The summed E-state index contributed by atoms with van der Waals surface area (Å²) in [4.78, 5) is 13.1. The van der Waals surface area contributed by atoms with Crippen LogP contribution in [0.25, 0.3) is 0 Å². The highest BCUT2D eigenvalue weighted by Crippen LogP contribution is 2.37. The summed E-state index contributed by atoms with van der Waals surface area (Å²) < 4.78 is 37.2. The highest BCUT2D eigenvalue weighted by atomic mass is 35.5. The zero-order valence-corrected chi connectivity index (χ0v) is 20.7. The van der Waals surface area contributed by atoms with Crippen molar-refractivity contribution in [3.8, 4) is 11.5 Å². The zero-order valence-electron chi connectivity index (χ0n) is 19.1. The van der Waals surface area contributed by atoms with E-state index in [1.165, 1.54) is 6.07 Å². The molecule has 0 saturated heterocycles. The number of benzene rings is 2. The van der Waals surface area contributed by atoms with Gasteiger partial charge >= 0.3 is 0 Å². The third kappa shape index (κ3) is 4.96. The summed E-state index contributed by atoms with van der Waals surface area (Å²) in [5.74, 6) is 0.963. The van der Waals surface area contributed by atoms with Gasteiger partial charge in [0.1, 0.15) is 11.5 Å². The van der Waals surface area contributed by atoms with E-state index in [2.05, 4.69) is 19.2 Å². The van der Waals surface area contributed by atoms with Gasteiger partial charge in [-0.3, -0.25) is 9.10 Å². The SMILES string of the molecule is COc1cc(C)c([C@@H](C)NC(=O)[C@@H]2CN(S(C)(=O)=O)c3cc(Cl)ccc3O2)cc1C(C)C. The average Bonchev–Trinajstić information content (AvgIpc) is 2.71. The largest absolute Gasteiger partial charge is 0.496 e. The Morgan fingerprint density at radius 3 is 2.50 bits per heavy atom. The highest BCUT2D eigenvalue weighted by Gasteiger charge is 2.35. The molecule has 1 amide bonds. The number of anilines is 1. The Labute approximate surface area is 194 Å². The van der Waals surface area contributed by atoms with Crippen molar-refractivity contribution in [2.75, 3.05) is 24.2 Å². The lowest BCUT2D eigenvalue weighted by atomic mass is 9.93. The monoisotopic (exact) mass is 480 g/mol. The van der Waals surface area contributed by atoms with E-state index in [1.807, 2.05) is 26.0 Å². The first-order chi connectivity index (χ1) is 14.9. The summed E-state index contributed by atoms with van der Waals surface area (Å²) in [6.45, 7) is 7.89. The van der Waals surface area contributed by atoms with E-state index in [1.54, 1.807) is 19.2 Å². The molecule has 2 atom stereocenters. The van der Waals surface area contributed by atoms with Gasteiger partial charge in [0.2, 0.25) is 10.0 Å². The minimum atomic E-state index is -3.63. The van der Waals surface area contributed by atoms with Gasteiger partial charge in [-0.25, -0.2) is 8.42 Å². The van der Waals surface area contributed by atoms with Crippen LogP contribution in [0.1, 0.15) is 49.4 Å². The molecule has 2 aromatic carbocycles. The topological polar surface area (TPSA) is 84.9 Å². The number of ether oxygens (including phenoxy) is 2. The Balaban J connectivity index is 1.86. The van der Waals surface area contributed by atoms with Gasteiger partial charge in [-0.05, 0) is 66.8 Å². The molecule has 0 aliphatic carbocycles. The molecule has 1 heterocycles. The van der Waals surface area contributed by atoms with Crippen LogP contribution in [0.15, 0.2) is 30.3 Å². The van der Waals surface area contributed by atoms with Gasteiger partial charge in [-0.2, -0.15) is 0 Å². The molecule has 9 heteroatoms. The van der Waals surface area contributed by atoms with Gasteiger partial charge in [0, 0.05) is 5.02 Å². The first-order valence-electron chi connectivity index (χ1n) is 10.3. The van der Waals surface area contributed by atoms with Crippen LogP contribution in [0, 0.1) is 6.92 Å². The average molecular weight is 481 g/mol. The number of nitrogens with zero attached hydrogens (tertiary/aromatic N) is 1. The lowest BCUT2D eigenvalue weighted by Crippen LogP contribution is -2.50. The van der Waals surface area contributed by atoms with Gasteiger partial charge in [-0.15, -0.1) is 0 Å². The van der Waals surface area contributed by atoms with Gasteiger partial charge in [0.15, 0.2) is 6.10 Å². The second-order valence-corrected chi connectivity index (χ2v) is 10.7. The van der Waals surface area contributed by atoms with Crippen LogP contribution < -0.4 is 19.1 Å². The van der Waals surface area contributed by atoms with Crippen molar-refractivity contribution < 1.29 is 22.7 Å². The minimum absolute atomic E-state index is 0.135. The predicted octanol–water partition coefficient (Wildman–Crippen LogP) is 4.18. The molecule has 0 fully saturated rings. The van der Waals surface area contributed by atoms with Crippen molar-refractivity contribution in [2.45, 2.75) is 45.8 Å². The molecule has 0 aromatic heterocycles. The number of amides is 1. The highest BCUT2D eigenvalue weighted by molar-refractivity contribution is 7.92. The van der Waals surface area contributed by atoms with E-state index >= 15 is 0 Å². The number of hydrogen-bond donors (Lipinski definition) is 1. The van der Waals surface area contributed by atoms with Crippen molar-refractivity contribution in [3.63, 3.8) is 0 Å². The first kappa shape index (κ1) is 24.2. The summed E-state index contributed by atoms with van der Waals surface area (Å²) >= 11 is 6.03. The quantitative estimate of drug-likeness (QED) is 0.670. The Kier molecular flexibility index (Phi) is 6.95. The zero-order chi connectivity index (χ0) is 23.8. The molecule has 2 aromatic rings. The smallest absolute Gasteiger partial charge is 0.263 e. The van der Waals surface area contributed by atoms with E-state index in [0.717, 1.165) is 33.0 Å². The minimum Gasteiger partial charge on any atom is -0.496 e. The maximum Gasteiger partial charge on any atom is 0.263 e. The summed E-state index contributed by atoms with van der Waals surface area (Å²) in [6.07, 6.45) is 0.0957. The van der Waals surface area contributed by atoms with Crippen LogP contribution in [0.2, 0.25) is 5.02 Å². The predicted molar refractivity (Wildman–Crippen MR) is 126 cm³/mol. The molecule has 174 valence electrons. The fraction of sp³-hybridized carbons (Fsp3) is 0.435. The summed E-state index contributed by atoms with van der Waals surface area (Å²) in [7, 11) is -1.99. The summed E-state index contributed by atoms with van der Waals surface area (Å²) in [5, 5.41) is 3.36. The molecule has 3 rings (SSSR count). The molecule has 0 saturated carbocycles. The van der Waals surface area contributed by atoms with Crippen LogP contribution in [-0.2, 0) is 14.8 Å². The third-order valence-electron chi connectivity index (χ3n) is 5.55.